The number of nitrogens with zero attached hydrogens (tertiary/aromatic N) is 2. The van der Waals surface area contributed by atoms with Gasteiger partial charge in [0.2, 0.25) is 0 Å². The SMILES string of the molecule is c1ccc(CN2CCCCCCOc3ccc4ccccc4c3-c3c(ccc4ccccc34)OCCCCCCN(Cc3ccccc3)CCCC2)cc1. The van der Waals surface area contributed by atoms with Gasteiger partial charge in [-0.05, 0) is 110 Å². The highest BCUT2D eigenvalue weighted by molar-refractivity contribution is 6.09. The fourth-order valence-corrected chi connectivity index (χ4v) is 8.10. The Morgan fingerprint density at radius 3 is 1.17 bits per heavy atom. The van der Waals surface area contributed by atoms with E-state index in [1.807, 2.05) is 0 Å². The van der Waals surface area contributed by atoms with Crippen molar-refractivity contribution in [2.45, 2.75) is 77.3 Å². The van der Waals surface area contributed by atoms with E-state index in [9.17, 15) is 0 Å². The molecule has 4 nitrogen and oxygen atoms in total. The van der Waals surface area contributed by atoms with Gasteiger partial charge < -0.3 is 9.47 Å². The van der Waals surface area contributed by atoms with Gasteiger partial charge in [0.15, 0.2) is 0 Å². The molecule has 0 N–H and O–H groups in total. The number of ether oxygens (including phenoxy) is 2. The maximum Gasteiger partial charge on any atom is 0.127 e. The summed E-state index contributed by atoms with van der Waals surface area (Å²) in [6.45, 7) is 8.06. The van der Waals surface area contributed by atoms with Crippen LogP contribution in [0.4, 0.5) is 0 Å². The first-order valence-corrected chi connectivity index (χ1v) is 20.6. The topological polar surface area (TPSA) is 24.9 Å². The molecule has 4 heteroatoms. The summed E-state index contributed by atoms with van der Waals surface area (Å²) in [6, 6.07) is 48.2. The quantitative estimate of drug-likeness (QED) is 0.181. The summed E-state index contributed by atoms with van der Waals surface area (Å²) in [4.78, 5) is 5.38. The molecular formula is C50H58N2O2. The van der Waals surface area contributed by atoms with Gasteiger partial charge in [0.25, 0.3) is 0 Å². The summed E-state index contributed by atoms with van der Waals surface area (Å²) in [6.07, 6.45) is 11.7. The summed E-state index contributed by atoms with van der Waals surface area (Å²) >= 11 is 0. The Morgan fingerprint density at radius 2 is 0.722 bits per heavy atom. The first kappa shape index (κ1) is 37.7. The van der Waals surface area contributed by atoms with E-state index in [-0.39, 0.29) is 0 Å². The molecule has 6 aromatic carbocycles. The molecule has 1 heterocycles. The molecule has 0 aromatic heterocycles. The Bertz CT molecular complexity index is 1860. The lowest BCUT2D eigenvalue weighted by atomic mass is 9.92. The van der Waals surface area contributed by atoms with Gasteiger partial charge in [-0.15, -0.1) is 0 Å². The van der Waals surface area contributed by atoms with Crippen LogP contribution in [-0.4, -0.2) is 49.2 Å². The van der Waals surface area contributed by atoms with Gasteiger partial charge in [0.1, 0.15) is 11.5 Å². The molecule has 0 saturated carbocycles. The molecule has 0 amide bonds. The predicted octanol–water partition coefficient (Wildman–Crippen LogP) is 12.3. The predicted molar refractivity (Wildman–Crippen MR) is 227 cm³/mol. The van der Waals surface area contributed by atoms with Crippen molar-refractivity contribution in [2.75, 3.05) is 39.4 Å². The van der Waals surface area contributed by atoms with Crippen LogP contribution < -0.4 is 9.47 Å². The molecule has 0 fully saturated rings. The lowest BCUT2D eigenvalue weighted by molar-refractivity contribution is 0.225. The highest BCUT2D eigenvalue weighted by Crippen LogP contribution is 2.45. The second-order valence-corrected chi connectivity index (χ2v) is 15.1. The molecule has 0 unspecified atom stereocenters. The average Bonchev–Trinajstić information content (AvgIpc) is 3.21. The molecule has 6 aromatic rings. The Balaban J connectivity index is 1.11. The third kappa shape index (κ3) is 10.5. The van der Waals surface area contributed by atoms with Crippen LogP contribution in [0, 0.1) is 0 Å². The molecule has 0 saturated heterocycles. The number of rotatable bonds is 4. The lowest BCUT2D eigenvalue weighted by Crippen LogP contribution is -2.28. The Hall–Kier alpha value is -4.64. The molecule has 1 aliphatic heterocycles. The Kier molecular flexibility index (Phi) is 14.1. The van der Waals surface area contributed by atoms with E-state index in [0.29, 0.717) is 13.2 Å². The second kappa shape index (κ2) is 20.2. The van der Waals surface area contributed by atoms with Crippen molar-refractivity contribution in [2.24, 2.45) is 0 Å². The van der Waals surface area contributed by atoms with Crippen LogP contribution >= 0.6 is 0 Å². The van der Waals surface area contributed by atoms with Crippen LogP contribution in [0.15, 0.2) is 133 Å². The van der Waals surface area contributed by atoms with Crippen molar-refractivity contribution in [1.29, 1.82) is 0 Å². The second-order valence-electron chi connectivity index (χ2n) is 15.1. The van der Waals surface area contributed by atoms with E-state index in [2.05, 4.69) is 143 Å². The number of hydrogen-bond donors (Lipinski definition) is 0. The normalized spacial score (nSPS) is 16.7. The summed E-state index contributed by atoms with van der Waals surface area (Å²) in [5.41, 5.74) is 5.11. The Labute approximate surface area is 323 Å². The maximum absolute atomic E-state index is 6.72. The third-order valence-corrected chi connectivity index (χ3v) is 11.0. The van der Waals surface area contributed by atoms with Crippen LogP contribution in [0.2, 0.25) is 0 Å². The minimum Gasteiger partial charge on any atom is -0.493 e. The molecule has 54 heavy (non-hydrogen) atoms. The van der Waals surface area contributed by atoms with Crippen molar-refractivity contribution in [3.05, 3.63) is 145 Å². The lowest BCUT2D eigenvalue weighted by Gasteiger charge is -2.25. The summed E-state index contributed by atoms with van der Waals surface area (Å²) in [5.74, 6) is 1.89. The molecule has 0 atom stereocenters. The van der Waals surface area contributed by atoms with E-state index in [0.717, 1.165) is 74.7 Å². The highest BCUT2D eigenvalue weighted by Gasteiger charge is 2.19. The van der Waals surface area contributed by atoms with Gasteiger partial charge in [-0.1, -0.05) is 147 Å². The van der Waals surface area contributed by atoms with Crippen LogP contribution in [-0.2, 0) is 13.1 Å². The average molecular weight is 719 g/mol. The smallest absolute Gasteiger partial charge is 0.127 e. The van der Waals surface area contributed by atoms with Gasteiger partial charge in [-0.3, -0.25) is 9.80 Å². The molecule has 0 aliphatic carbocycles. The van der Waals surface area contributed by atoms with E-state index in [4.69, 9.17) is 9.47 Å². The van der Waals surface area contributed by atoms with E-state index < -0.39 is 0 Å². The molecule has 0 bridgehead atoms. The standard InChI is InChI=1S/C50H58N2O2/c1-3-19-37-53-47-31-29-43-25-11-13-27-45(43)49(47)50-46-28-14-12-26-44(46)30-32-48(50)54-38-20-4-2-16-34-52(40-42-23-9-6-10-24-42)36-18-17-35-51(33-15-1)39-41-21-7-5-8-22-41/h5-14,21-32H,1-4,15-20,33-40H2. The fraction of sp³-hybridized carbons (Fsp3) is 0.360. The molecule has 1 aliphatic rings. The first-order valence-electron chi connectivity index (χ1n) is 20.6. The minimum absolute atomic E-state index is 0.708. The van der Waals surface area contributed by atoms with Gasteiger partial charge >= 0.3 is 0 Å². The van der Waals surface area contributed by atoms with Crippen molar-refractivity contribution in [3.63, 3.8) is 0 Å². The van der Waals surface area contributed by atoms with E-state index >= 15 is 0 Å². The van der Waals surface area contributed by atoms with Crippen molar-refractivity contribution in [3.8, 4) is 22.6 Å². The molecule has 280 valence electrons. The number of benzene rings is 6. The van der Waals surface area contributed by atoms with Crippen LogP contribution in [0.5, 0.6) is 11.5 Å². The molecule has 0 spiro atoms. The summed E-state index contributed by atoms with van der Waals surface area (Å²) in [7, 11) is 0. The maximum atomic E-state index is 6.72. The van der Waals surface area contributed by atoms with Gasteiger partial charge in [-0.2, -0.15) is 0 Å². The van der Waals surface area contributed by atoms with E-state index in [1.54, 1.807) is 0 Å². The van der Waals surface area contributed by atoms with Crippen LogP contribution in [0.3, 0.4) is 0 Å². The number of hydrogen-bond acceptors (Lipinski definition) is 4. The zero-order chi connectivity index (χ0) is 36.6. The van der Waals surface area contributed by atoms with Crippen LogP contribution in [0.1, 0.15) is 75.3 Å². The highest BCUT2D eigenvalue weighted by atomic mass is 16.5. The zero-order valence-electron chi connectivity index (χ0n) is 32.1. The molecular weight excluding hydrogens is 661 g/mol. The van der Waals surface area contributed by atoms with Gasteiger partial charge in [0, 0.05) is 24.2 Å². The van der Waals surface area contributed by atoms with Crippen molar-refractivity contribution >= 4 is 21.5 Å². The third-order valence-electron chi connectivity index (χ3n) is 11.0. The van der Waals surface area contributed by atoms with Gasteiger partial charge in [0.05, 0.1) is 13.2 Å². The van der Waals surface area contributed by atoms with Gasteiger partial charge in [-0.25, -0.2) is 0 Å². The van der Waals surface area contributed by atoms with Crippen molar-refractivity contribution < 1.29 is 9.47 Å². The minimum atomic E-state index is 0.708. The fourth-order valence-electron chi connectivity index (χ4n) is 8.10. The van der Waals surface area contributed by atoms with Crippen LogP contribution in [0.25, 0.3) is 32.7 Å². The molecule has 7 rings (SSSR count). The van der Waals surface area contributed by atoms with E-state index in [1.165, 1.54) is 84.0 Å². The summed E-state index contributed by atoms with van der Waals surface area (Å²) in [5, 5.41) is 4.84. The molecule has 0 radical (unpaired) electrons. The number of fused-ring (bicyclic) bond motifs is 7. The van der Waals surface area contributed by atoms with Crippen molar-refractivity contribution in [1.82, 2.24) is 9.80 Å². The first-order chi connectivity index (χ1) is 26.8. The largest absolute Gasteiger partial charge is 0.493 e. The monoisotopic (exact) mass is 718 g/mol. The summed E-state index contributed by atoms with van der Waals surface area (Å²) < 4.78 is 13.4. The zero-order valence-corrected chi connectivity index (χ0v) is 32.1. The Morgan fingerprint density at radius 1 is 0.352 bits per heavy atom.